The highest BCUT2D eigenvalue weighted by atomic mass is 16.5. The number of carboxylic acids is 1. The first-order valence-electron chi connectivity index (χ1n) is 7.46. The third kappa shape index (κ3) is 3.98. The maximum Gasteiger partial charge on any atom is 0.328 e. The summed E-state index contributed by atoms with van der Waals surface area (Å²) >= 11 is 0. The number of carbonyl (C=O) groups is 1. The van der Waals surface area contributed by atoms with Crippen molar-refractivity contribution in [1.82, 2.24) is 4.98 Å². The molecule has 0 unspecified atom stereocenters. The number of hydrogen-bond acceptors (Lipinski definition) is 5. The zero-order valence-electron chi connectivity index (χ0n) is 13.3. The molecule has 0 spiro atoms. The smallest absolute Gasteiger partial charge is 0.328 e. The van der Waals surface area contributed by atoms with Gasteiger partial charge in [-0.1, -0.05) is 0 Å². The van der Waals surface area contributed by atoms with Crippen LogP contribution in [-0.2, 0) is 9.53 Å². The van der Waals surface area contributed by atoms with Crippen LogP contribution in [0.4, 0.5) is 11.5 Å². The summed E-state index contributed by atoms with van der Waals surface area (Å²) < 4.78 is 5.41. The van der Waals surface area contributed by atoms with Gasteiger partial charge in [-0.2, -0.15) is 0 Å². The lowest BCUT2D eigenvalue weighted by atomic mass is 10.2. The average molecular weight is 305 g/mol. The summed E-state index contributed by atoms with van der Waals surface area (Å²) in [6.07, 6.45) is 2.62. The van der Waals surface area contributed by atoms with Crippen LogP contribution < -0.4 is 9.80 Å². The number of ether oxygens (including phenoxy) is 1. The predicted molar refractivity (Wildman–Crippen MR) is 87.5 cm³/mol. The van der Waals surface area contributed by atoms with Gasteiger partial charge in [0.25, 0.3) is 0 Å². The predicted octanol–water partition coefficient (Wildman–Crippen LogP) is 1.86. The Morgan fingerprint density at radius 3 is 2.68 bits per heavy atom. The van der Waals surface area contributed by atoms with Crippen LogP contribution in [0, 0.1) is 0 Å². The van der Waals surface area contributed by atoms with Crippen molar-refractivity contribution in [2.75, 3.05) is 43.2 Å². The molecule has 0 aliphatic carbocycles. The molecule has 1 aromatic heterocycles. The summed E-state index contributed by atoms with van der Waals surface area (Å²) in [4.78, 5) is 19.7. The molecule has 1 aliphatic rings. The highest BCUT2D eigenvalue weighted by Crippen LogP contribution is 2.29. The second-order valence-corrected chi connectivity index (χ2v) is 5.55. The molecule has 2 heterocycles. The topological polar surface area (TPSA) is 65.9 Å². The number of nitrogens with zero attached hydrogens (tertiary/aromatic N) is 3. The zero-order chi connectivity index (χ0) is 16.1. The number of anilines is 2. The Kier molecular flexibility index (Phi) is 5.38. The third-order valence-electron chi connectivity index (χ3n) is 3.73. The molecule has 22 heavy (non-hydrogen) atoms. The van der Waals surface area contributed by atoms with Crippen LogP contribution in [-0.4, -0.2) is 55.5 Å². The molecule has 0 atom stereocenters. The van der Waals surface area contributed by atoms with E-state index in [0.717, 1.165) is 30.7 Å². The van der Waals surface area contributed by atoms with Gasteiger partial charge in [0.1, 0.15) is 0 Å². The average Bonchev–Trinajstić information content (AvgIpc) is 2.52. The van der Waals surface area contributed by atoms with Gasteiger partial charge in [-0.3, -0.25) is 0 Å². The molecular weight excluding hydrogens is 282 g/mol. The molecule has 1 N–H and O–H groups in total. The van der Waals surface area contributed by atoms with Crippen LogP contribution in [0.25, 0.3) is 6.08 Å². The van der Waals surface area contributed by atoms with Gasteiger partial charge in [0.05, 0.1) is 24.6 Å². The summed E-state index contributed by atoms with van der Waals surface area (Å²) in [5.41, 5.74) is 1.70. The van der Waals surface area contributed by atoms with Gasteiger partial charge in [0.2, 0.25) is 0 Å². The summed E-state index contributed by atoms with van der Waals surface area (Å²) in [5, 5.41) is 8.75. The Morgan fingerprint density at radius 2 is 2.09 bits per heavy atom. The maximum atomic E-state index is 10.7. The van der Waals surface area contributed by atoms with E-state index in [1.165, 1.54) is 6.08 Å². The maximum absolute atomic E-state index is 10.7. The monoisotopic (exact) mass is 305 g/mol. The minimum atomic E-state index is -0.974. The quantitative estimate of drug-likeness (QED) is 0.838. The molecule has 1 aliphatic heterocycles. The van der Waals surface area contributed by atoms with Crippen LogP contribution in [0.5, 0.6) is 0 Å². The van der Waals surface area contributed by atoms with E-state index in [1.54, 1.807) is 0 Å². The van der Waals surface area contributed by atoms with Gasteiger partial charge in [-0.05, 0) is 32.1 Å². The number of aliphatic carboxylic acids is 1. The Balaban J connectivity index is 2.37. The normalized spacial score (nSPS) is 15.5. The fourth-order valence-corrected chi connectivity index (χ4v) is 2.26. The summed E-state index contributed by atoms with van der Waals surface area (Å²) in [5.74, 6) is -0.109. The van der Waals surface area contributed by atoms with E-state index in [2.05, 4.69) is 28.6 Å². The van der Waals surface area contributed by atoms with E-state index in [-0.39, 0.29) is 0 Å². The molecule has 6 heteroatoms. The SMILES string of the molecule is CC(C)N(C)c1nc(C=CC(=O)O)ccc1N1CCOCC1. The molecule has 120 valence electrons. The van der Waals surface area contributed by atoms with Gasteiger partial charge in [0.15, 0.2) is 5.82 Å². The molecule has 1 saturated heterocycles. The standard InChI is InChI=1S/C16H23N3O3/c1-12(2)18(3)16-14(19-8-10-22-11-9-19)6-4-13(17-16)5-7-15(20)21/h4-7,12H,8-11H2,1-3H3,(H,20,21). The molecule has 0 amide bonds. The summed E-state index contributed by atoms with van der Waals surface area (Å²) in [6, 6.07) is 4.15. The van der Waals surface area contributed by atoms with Gasteiger partial charge in [0, 0.05) is 32.3 Å². The highest BCUT2D eigenvalue weighted by Gasteiger charge is 2.19. The molecule has 0 aromatic carbocycles. The van der Waals surface area contributed by atoms with Crippen molar-refractivity contribution in [3.63, 3.8) is 0 Å². The first-order valence-corrected chi connectivity index (χ1v) is 7.46. The second kappa shape index (κ2) is 7.26. The largest absolute Gasteiger partial charge is 0.478 e. The molecule has 0 bridgehead atoms. The molecule has 0 saturated carbocycles. The number of morpholine rings is 1. The van der Waals surface area contributed by atoms with Crippen LogP contribution in [0.2, 0.25) is 0 Å². The van der Waals surface area contributed by atoms with Crippen molar-refractivity contribution >= 4 is 23.6 Å². The first kappa shape index (κ1) is 16.3. The Bertz CT molecular complexity index is 552. The van der Waals surface area contributed by atoms with Gasteiger partial charge >= 0.3 is 5.97 Å². The van der Waals surface area contributed by atoms with Crippen LogP contribution in [0.3, 0.4) is 0 Å². The minimum absolute atomic E-state index is 0.297. The first-order chi connectivity index (χ1) is 10.5. The molecule has 2 rings (SSSR count). The van der Waals surface area contributed by atoms with Gasteiger partial charge in [-0.25, -0.2) is 9.78 Å². The Labute approximate surface area is 131 Å². The van der Waals surface area contributed by atoms with Crippen LogP contribution >= 0.6 is 0 Å². The van der Waals surface area contributed by atoms with E-state index in [1.807, 2.05) is 19.2 Å². The summed E-state index contributed by atoms with van der Waals surface area (Å²) in [6.45, 7) is 7.31. The minimum Gasteiger partial charge on any atom is -0.478 e. The molecule has 1 aromatic rings. The van der Waals surface area contributed by atoms with Crippen molar-refractivity contribution in [3.05, 3.63) is 23.9 Å². The van der Waals surface area contributed by atoms with Crippen LogP contribution in [0.1, 0.15) is 19.5 Å². The lowest BCUT2D eigenvalue weighted by molar-refractivity contribution is -0.131. The van der Waals surface area contributed by atoms with Crippen molar-refractivity contribution in [3.8, 4) is 0 Å². The fraction of sp³-hybridized carbons (Fsp3) is 0.500. The van der Waals surface area contributed by atoms with Crippen molar-refractivity contribution in [2.24, 2.45) is 0 Å². The van der Waals surface area contributed by atoms with Gasteiger partial charge in [-0.15, -0.1) is 0 Å². The summed E-state index contributed by atoms with van der Waals surface area (Å²) in [7, 11) is 2.00. The number of rotatable bonds is 5. The van der Waals surface area contributed by atoms with Gasteiger partial charge < -0.3 is 19.6 Å². The molecule has 6 nitrogen and oxygen atoms in total. The Hall–Kier alpha value is -2.08. The number of pyridine rings is 1. The van der Waals surface area contributed by atoms with E-state index >= 15 is 0 Å². The number of aromatic nitrogens is 1. The second-order valence-electron chi connectivity index (χ2n) is 5.55. The molecule has 1 fully saturated rings. The van der Waals surface area contributed by atoms with E-state index in [9.17, 15) is 4.79 Å². The number of hydrogen-bond donors (Lipinski definition) is 1. The molecule has 0 radical (unpaired) electrons. The lowest BCUT2D eigenvalue weighted by Crippen LogP contribution is -2.38. The van der Waals surface area contributed by atoms with Crippen molar-refractivity contribution < 1.29 is 14.6 Å². The lowest BCUT2D eigenvalue weighted by Gasteiger charge is -2.33. The fourth-order valence-electron chi connectivity index (χ4n) is 2.26. The molecular formula is C16H23N3O3. The van der Waals surface area contributed by atoms with E-state index in [0.29, 0.717) is 24.9 Å². The van der Waals surface area contributed by atoms with Crippen molar-refractivity contribution in [1.29, 1.82) is 0 Å². The highest BCUT2D eigenvalue weighted by molar-refractivity contribution is 5.85. The Morgan fingerprint density at radius 1 is 1.41 bits per heavy atom. The zero-order valence-corrected chi connectivity index (χ0v) is 13.3. The third-order valence-corrected chi connectivity index (χ3v) is 3.73. The van der Waals surface area contributed by atoms with E-state index < -0.39 is 5.97 Å². The van der Waals surface area contributed by atoms with Crippen LogP contribution in [0.15, 0.2) is 18.2 Å². The van der Waals surface area contributed by atoms with Crippen molar-refractivity contribution in [2.45, 2.75) is 19.9 Å². The number of carboxylic acid groups (broad SMARTS) is 1. The van der Waals surface area contributed by atoms with E-state index in [4.69, 9.17) is 9.84 Å².